The lowest BCUT2D eigenvalue weighted by atomic mass is 10.0. The van der Waals surface area contributed by atoms with Gasteiger partial charge in [0, 0.05) is 19.0 Å². The van der Waals surface area contributed by atoms with Crippen LogP contribution in [0.15, 0.2) is 42.9 Å². The summed E-state index contributed by atoms with van der Waals surface area (Å²) < 4.78 is 62.5. The first-order valence-corrected chi connectivity index (χ1v) is 11.0. The van der Waals surface area contributed by atoms with Crippen LogP contribution in [-0.4, -0.2) is 43.9 Å². The summed E-state index contributed by atoms with van der Waals surface area (Å²) in [6.07, 6.45) is -2.12. The van der Waals surface area contributed by atoms with E-state index in [1.54, 1.807) is 11.3 Å². The fraction of sp³-hybridized carbons (Fsp3) is 0.292. The van der Waals surface area contributed by atoms with Gasteiger partial charge in [-0.1, -0.05) is 6.07 Å². The van der Waals surface area contributed by atoms with Crippen molar-refractivity contribution in [3.8, 4) is 0 Å². The molecule has 2 aromatic heterocycles. The molecule has 180 valence electrons. The number of benzene rings is 2. The molecule has 2 aliphatic rings. The highest BCUT2D eigenvalue weighted by Gasteiger charge is 2.45. The summed E-state index contributed by atoms with van der Waals surface area (Å²) in [6, 6.07) is 5.44. The molecule has 3 heterocycles. The van der Waals surface area contributed by atoms with Gasteiger partial charge in [-0.2, -0.15) is 13.2 Å². The van der Waals surface area contributed by atoms with Gasteiger partial charge in [0.25, 0.3) is 5.91 Å². The number of aromatic nitrogens is 3. The lowest BCUT2D eigenvalue weighted by Gasteiger charge is -2.41. The van der Waals surface area contributed by atoms with Crippen molar-refractivity contribution in [2.24, 2.45) is 0 Å². The van der Waals surface area contributed by atoms with Crippen LogP contribution in [0.25, 0.3) is 16.6 Å². The Bertz CT molecular complexity index is 1520. The number of rotatable bonds is 1. The first-order valence-electron chi connectivity index (χ1n) is 11.0. The van der Waals surface area contributed by atoms with Gasteiger partial charge >= 0.3 is 6.18 Å². The predicted molar refractivity (Wildman–Crippen MR) is 118 cm³/mol. The van der Waals surface area contributed by atoms with Crippen LogP contribution in [0.2, 0.25) is 0 Å². The quantitative estimate of drug-likeness (QED) is 0.410. The number of amides is 1. The molecule has 2 aromatic carbocycles. The number of fused-ring (bicyclic) bond motifs is 6. The Morgan fingerprint density at radius 3 is 2.77 bits per heavy atom. The Morgan fingerprint density at radius 1 is 1.20 bits per heavy atom. The summed E-state index contributed by atoms with van der Waals surface area (Å²) in [5.74, 6) is -1.17. The minimum absolute atomic E-state index is 0.165. The molecule has 0 unspecified atom stereocenters. The number of carbonyl (C=O) groups is 1. The van der Waals surface area contributed by atoms with E-state index in [9.17, 15) is 18.0 Å². The zero-order valence-electron chi connectivity index (χ0n) is 18.4. The largest absolute Gasteiger partial charge is 0.416 e. The molecule has 0 saturated carbocycles. The Kier molecular flexibility index (Phi) is 4.59. The number of alkyl halides is 3. The van der Waals surface area contributed by atoms with Crippen LogP contribution >= 0.6 is 0 Å². The predicted octanol–water partition coefficient (Wildman–Crippen LogP) is 4.15. The van der Waals surface area contributed by atoms with E-state index in [1.165, 1.54) is 29.6 Å². The number of hydrogen-bond donors (Lipinski definition) is 1. The summed E-state index contributed by atoms with van der Waals surface area (Å²) in [7, 11) is 0. The van der Waals surface area contributed by atoms with Crippen molar-refractivity contribution in [2.75, 3.05) is 12.3 Å². The smallest absolute Gasteiger partial charge is 0.382 e. The van der Waals surface area contributed by atoms with Crippen LogP contribution < -0.4 is 5.73 Å². The van der Waals surface area contributed by atoms with Crippen molar-refractivity contribution in [3.05, 3.63) is 70.9 Å². The molecule has 1 fully saturated rings. The van der Waals surface area contributed by atoms with Gasteiger partial charge in [-0.3, -0.25) is 9.20 Å². The molecule has 4 aromatic rings. The number of carbonyl (C=O) groups excluding carboxylic acids is 1. The minimum Gasteiger partial charge on any atom is -0.382 e. The number of nitrogens with two attached hydrogens (primary N) is 1. The van der Waals surface area contributed by atoms with Crippen molar-refractivity contribution in [3.63, 3.8) is 0 Å². The van der Waals surface area contributed by atoms with Crippen LogP contribution in [0.3, 0.4) is 0 Å². The fourth-order valence-corrected chi connectivity index (χ4v) is 5.22. The summed E-state index contributed by atoms with van der Waals surface area (Å²) in [4.78, 5) is 23.5. The Labute approximate surface area is 196 Å². The van der Waals surface area contributed by atoms with E-state index >= 15 is 4.39 Å². The maximum Gasteiger partial charge on any atom is 0.416 e. The molecule has 35 heavy (non-hydrogen) atoms. The van der Waals surface area contributed by atoms with Gasteiger partial charge in [0.2, 0.25) is 0 Å². The number of ether oxygens (including phenoxy) is 1. The third kappa shape index (κ3) is 3.33. The topological polar surface area (TPSA) is 85.8 Å². The minimum atomic E-state index is -4.48. The molecule has 1 aliphatic heterocycles. The summed E-state index contributed by atoms with van der Waals surface area (Å²) >= 11 is 0. The number of nitrogen functional groups attached to an aromatic ring is 1. The summed E-state index contributed by atoms with van der Waals surface area (Å²) in [6.45, 7) is 1.94. The fourth-order valence-electron chi connectivity index (χ4n) is 5.22. The number of imidazole rings is 1. The molecule has 0 radical (unpaired) electrons. The van der Waals surface area contributed by atoms with E-state index in [-0.39, 0.29) is 36.0 Å². The van der Waals surface area contributed by atoms with Crippen LogP contribution in [0.5, 0.6) is 0 Å². The number of halogens is 4. The number of morpholine rings is 1. The van der Waals surface area contributed by atoms with Crippen molar-refractivity contribution in [1.29, 1.82) is 0 Å². The van der Waals surface area contributed by atoms with E-state index < -0.39 is 35.6 Å². The Hall–Kier alpha value is -3.73. The average molecular weight is 485 g/mol. The first kappa shape index (κ1) is 21.8. The third-order valence-electron chi connectivity index (χ3n) is 6.72. The van der Waals surface area contributed by atoms with Crippen LogP contribution in [0.4, 0.5) is 23.4 Å². The Morgan fingerprint density at radius 2 is 2.00 bits per heavy atom. The van der Waals surface area contributed by atoms with Gasteiger partial charge < -0.3 is 15.4 Å². The maximum atomic E-state index is 15.2. The normalized spacial score (nSPS) is 22.0. The molecule has 2 N–H and O–H groups in total. The molecule has 0 bridgehead atoms. The molecule has 1 aliphatic carbocycles. The number of anilines is 1. The van der Waals surface area contributed by atoms with Gasteiger partial charge in [-0.25, -0.2) is 14.4 Å². The molecule has 0 spiro atoms. The summed E-state index contributed by atoms with van der Waals surface area (Å²) in [5.41, 5.74) is 7.30. The van der Waals surface area contributed by atoms with E-state index in [2.05, 4.69) is 9.97 Å². The third-order valence-corrected chi connectivity index (χ3v) is 6.72. The molecule has 6 rings (SSSR count). The first-order chi connectivity index (χ1) is 16.6. The van der Waals surface area contributed by atoms with Crippen molar-refractivity contribution in [1.82, 2.24) is 19.3 Å². The lowest BCUT2D eigenvalue weighted by molar-refractivity contribution is -0.137. The van der Waals surface area contributed by atoms with E-state index in [0.29, 0.717) is 22.2 Å². The zero-order chi connectivity index (χ0) is 24.6. The second-order valence-corrected chi connectivity index (χ2v) is 8.97. The van der Waals surface area contributed by atoms with E-state index in [1.807, 2.05) is 0 Å². The second kappa shape index (κ2) is 7.38. The molecule has 7 nitrogen and oxygen atoms in total. The molecular weight excluding hydrogens is 466 g/mol. The highest BCUT2D eigenvalue weighted by molar-refractivity contribution is 5.99. The monoisotopic (exact) mass is 485 g/mol. The number of nitrogens with zero attached hydrogens (tertiary/aromatic N) is 4. The average Bonchev–Trinajstić information content (AvgIpc) is 3.42. The van der Waals surface area contributed by atoms with Crippen molar-refractivity contribution >= 4 is 28.3 Å². The molecule has 3 atom stereocenters. The van der Waals surface area contributed by atoms with Crippen LogP contribution in [0, 0.1) is 5.82 Å². The highest BCUT2D eigenvalue weighted by atomic mass is 19.4. The summed E-state index contributed by atoms with van der Waals surface area (Å²) in [5, 5.41) is 0. The van der Waals surface area contributed by atoms with Gasteiger partial charge in [-0.05, 0) is 36.2 Å². The lowest BCUT2D eigenvalue weighted by Crippen LogP contribution is -2.50. The zero-order valence-corrected chi connectivity index (χ0v) is 18.4. The van der Waals surface area contributed by atoms with Crippen LogP contribution in [0.1, 0.15) is 40.0 Å². The van der Waals surface area contributed by atoms with Gasteiger partial charge in [0.1, 0.15) is 17.2 Å². The van der Waals surface area contributed by atoms with Gasteiger partial charge in [0.05, 0.1) is 52.9 Å². The molecule has 11 heteroatoms. The Balaban J connectivity index is 1.44. The second-order valence-electron chi connectivity index (χ2n) is 8.97. The van der Waals surface area contributed by atoms with Gasteiger partial charge in [-0.15, -0.1) is 0 Å². The van der Waals surface area contributed by atoms with Crippen molar-refractivity contribution < 1.29 is 27.1 Å². The van der Waals surface area contributed by atoms with Crippen LogP contribution in [-0.2, 0) is 17.3 Å². The SMILES string of the molecule is C[C@H]1CN(C(=O)c2cc3c(cc2F)nc(N)c2cncn23)[C@H]2c3ccc(C(F)(F)F)cc3C[C@H]2O1. The van der Waals surface area contributed by atoms with Gasteiger partial charge in [0.15, 0.2) is 0 Å². The molecule has 1 saturated heterocycles. The molecule has 1 amide bonds. The standard InChI is InChI=1S/C24H19F4N5O2/c1-11-9-32(21-14-3-2-13(24(26,27)28)4-12(14)5-20(21)35-11)23(34)15-6-18-17(7-16(15)25)31-22(29)19-8-30-10-33(18)19/h2-4,6-8,10-11,20-21H,5,9H2,1H3,(H2,29,31)/t11-,20+,21-/m0/s1. The molecular formula is C24H19F4N5O2. The number of hydrogen-bond acceptors (Lipinski definition) is 5. The van der Waals surface area contributed by atoms with E-state index in [0.717, 1.165) is 18.2 Å². The highest BCUT2D eigenvalue weighted by Crippen LogP contribution is 2.44. The van der Waals surface area contributed by atoms with E-state index in [4.69, 9.17) is 10.5 Å². The van der Waals surface area contributed by atoms with Crippen molar-refractivity contribution in [2.45, 2.75) is 37.8 Å². The maximum absolute atomic E-state index is 15.2.